The first-order valence-corrected chi connectivity index (χ1v) is 4.17. The number of hydrogen-bond donors (Lipinski definition) is 0. The number of likely N-dealkylation sites (tertiary alicyclic amines) is 1. The summed E-state index contributed by atoms with van der Waals surface area (Å²) in [7, 11) is 1.91. The molecule has 0 spiro atoms. The minimum atomic E-state index is -0.105. The topological polar surface area (TPSA) is 40.4 Å². The zero-order valence-corrected chi connectivity index (χ0v) is 7.28. The summed E-state index contributed by atoms with van der Waals surface area (Å²) in [6.07, 6.45) is 0.457. The van der Waals surface area contributed by atoms with Crippen LogP contribution in [0, 0.1) is 5.92 Å². The summed E-state index contributed by atoms with van der Waals surface area (Å²) in [6, 6.07) is 0. The molecule has 2 heterocycles. The molecule has 3 atom stereocenters. The van der Waals surface area contributed by atoms with E-state index in [-0.39, 0.29) is 23.9 Å². The van der Waals surface area contributed by atoms with Crippen LogP contribution < -0.4 is 0 Å². The summed E-state index contributed by atoms with van der Waals surface area (Å²) in [6.45, 7) is 2.65. The highest BCUT2D eigenvalue weighted by atomic mass is 16.2. The molecule has 2 aliphatic heterocycles. The van der Waals surface area contributed by atoms with Crippen molar-refractivity contribution < 1.29 is 9.59 Å². The normalized spacial score (nSPS) is 40.8. The second-order valence-electron chi connectivity index (χ2n) is 3.63. The lowest BCUT2D eigenvalue weighted by atomic mass is 10.1. The Morgan fingerprint density at radius 1 is 1.42 bits per heavy atom. The lowest BCUT2D eigenvalue weighted by Crippen LogP contribution is -2.34. The molecular formula is C8H12N2O2. The van der Waals surface area contributed by atoms with Crippen molar-refractivity contribution in [1.29, 1.82) is 0 Å². The van der Waals surface area contributed by atoms with Crippen molar-refractivity contribution in [1.82, 2.24) is 9.80 Å². The quantitative estimate of drug-likeness (QED) is 0.397. The minimum absolute atomic E-state index is 0.00523. The van der Waals surface area contributed by atoms with Gasteiger partial charge in [0.15, 0.2) is 0 Å². The molecule has 0 aromatic heterocycles. The highest BCUT2D eigenvalue weighted by molar-refractivity contribution is 6.03. The van der Waals surface area contributed by atoms with Crippen molar-refractivity contribution in [2.75, 3.05) is 13.6 Å². The standard InChI is InChI=1S/C8H12N2O2/c1-5-3-7(11)10(8(5)12)6-4-9(6)2/h5-6H,3-4H2,1-2H3. The van der Waals surface area contributed by atoms with E-state index >= 15 is 0 Å². The third-order valence-electron chi connectivity index (χ3n) is 2.53. The molecule has 0 aliphatic carbocycles. The zero-order chi connectivity index (χ0) is 8.88. The molecule has 2 saturated heterocycles. The van der Waals surface area contributed by atoms with Gasteiger partial charge < -0.3 is 0 Å². The van der Waals surface area contributed by atoms with Gasteiger partial charge in [-0.25, -0.2) is 0 Å². The Hall–Kier alpha value is -0.900. The Morgan fingerprint density at radius 3 is 2.33 bits per heavy atom. The molecule has 0 saturated carbocycles. The Morgan fingerprint density at radius 2 is 2.00 bits per heavy atom. The highest BCUT2D eigenvalue weighted by Gasteiger charge is 2.47. The average Bonchev–Trinajstić information content (AvgIpc) is 2.61. The van der Waals surface area contributed by atoms with Crippen LogP contribution in [0.2, 0.25) is 0 Å². The maximum absolute atomic E-state index is 11.4. The smallest absolute Gasteiger partial charge is 0.233 e. The van der Waals surface area contributed by atoms with Crippen molar-refractivity contribution in [2.24, 2.45) is 5.92 Å². The number of likely N-dealkylation sites (N-methyl/N-ethyl adjacent to an activating group) is 1. The SMILES string of the molecule is CC1CC(=O)N(C2CN2C)C1=O. The second-order valence-corrected chi connectivity index (χ2v) is 3.63. The van der Waals surface area contributed by atoms with Crippen LogP contribution >= 0.6 is 0 Å². The van der Waals surface area contributed by atoms with E-state index < -0.39 is 0 Å². The lowest BCUT2D eigenvalue weighted by Gasteiger charge is -2.12. The summed E-state index contributed by atoms with van der Waals surface area (Å²) < 4.78 is 0. The van der Waals surface area contributed by atoms with Gasteiger partial charge in [0.1, 0.15) is 6.17 Å². The first-order chi connectivity index (χ1) is 5.61. The summed E-state index contributed by atoms with van der Waals surface area (Å²) in [5.41, 5.74) is 0. The van der Waals surface area contributed by atoms with E-state index in [0.717, 1.165) is 6.54 Å². The third kappa shape index (κ3) is 0.948. The Labute approximate surface area is 71.1 Å². The summed E-state index contributed by atoms with van der Waals surface area (Å²) in [4.78, 5) is 26.1. The van der Waals surface area contributed by atoms with Crippen molar-refractivity contribution >= 4 is 11.8 Å². The molecule has 4 heteroatoms. The molecule has 2 fully saturated rings. The molecule has 2 aliphatic rings. The van der Waals surface area contributed by atoms with Gasteiger partial charge in [-0.3, -0.25) is 19.4 Å². The van der Waals surface area contributed by atoms with Gasteiger partial charge in [-0.05, 0) is 7.05 Å². The molecule has 2 amide bonds. The lowest BCUT2D eigenvalue weighted by molar-refractivity contribution is -0.140. The molecule has 0 aromatic carbocycles. The molecule has 3 unspecified atom stereocenters. The average molecular weight is 168 g/mol. The largest absolute Gasteiger partial charge is 0.282 e. The van der Waals surface area contributed by atoms with Crippen LogP contribution in [0.1, 0.15) is 13.3 Å². The number of carbonyl (C=O) groups is 2. The number of carbonyl (C=O) groups excluding carboxylic acids is 2. The monoisotopic (exact) mass is 168 g/mol. The van der Waals surface area contributed by atoms with Crippen LogP contribution in [-0.4, -0.2) is 41.4 Å². The van der Waals surface area contributed by atoms with E-state index in [1.54, 1.807) is 0 Å². The minimum Gasteiger partial charge on any atom is -0.282 e. The van der Waals surface area contributed by atoms with Crippen LogP contribution in [-0.2, 0) is 9.59 Å². The predicted octanol–water partition coefficient (Wildman–Crippen LogP) is -0.347. The van der Waals surface area contributed by atoms with Crippen molar-refractivity contribution in [3.05, 3.63) is 0 Å². The highest BCUT2D eigenvalue weighted by Crippen LogP contribution is 2.28. The molecule has 12 heavy (non-hydrogen) atoms. The van der Waals surface area contributed by atoms with E-state index in [1.807, 2.05) is 18.9 Å². The molecule has 0 bridgehead atoms. The van der Waals surface area contributed by atoms with Gasteiger partial charge in [-0.2, -0.15) is 0 Å². The first kappa shape index (κ1) is 7.73. The van der Waals surface area contributed by atoms with Crippen LogP contribution in [0.4, 0.5) is 0 Å². The van der Waals surface area contributed by atoms with Crippen molar-refractivity contribution in [2.45, 2.75) is 19.5 Å². The number of rotatable bonds is 1. The summed E-state index contributed by atoms with van der Waals surface area (Å²) >= 11 is 0. The van der Waals surface area contributed by atoms with Crippen LogP contribution in [0.15, 0.2) is 0 Å². The Bertz CT molecular complexity index is 251. The number of imide groups is 1. The molecule has 2 rings (SSSR count). The summed E-state index contributed by atoms with van der Waals surface area (Å²) in [5, 5.41) is 0. The molecule has 0 radical (unpaired) electrons. The first-order valence-electron chi connectivity index (χ1n) is 4.17. The summed E-state index contributed by atoms with van der Waals surface area (Å²) in [5.74, 6) is -0.122. The molecular weight excluding hydrogens is 156 g/mol. The van der Waals surface area contributed by atoms with Crippen LogP contribution in [0.3, 0.4) is 0 Å². The fourth-order valence-corrected chi connectivity index (χ4v) is 1.61. The fraction of sp³-hybridized carbons (Fsp3) is 0.750. The molecule has 0 aromatic rings. The van der Waals surface area contributed by atoms with Gasteiger partial charge in [0.05, 0.1) is 0 Å². The zero-order valence-electron chi connectivity index (χ0n) is 7.28. The molecule has 4 nitrogen and oxygen atoms in total. The Balaban J connectivity index is 2.14. The second kappa shape index (κ2) is 2.29. The van der Waals surface area contributed by atoms with Crippen LogP contribution in [0.5, 0.6) is 0 Å². The maximum atomic E-state index is 11.4. The van der Waals surface area contributed by atoms with Crippen molar-refractivity contribution in [3.8, 4) is 0 Å². The fourth-order valence-electron chi connectivity index (χ4n) is 1.61. The van der Waals surface area contributed by atoms with Gasteiger partial charge in [-0.15, -0.1) is 0 Å². The van der Waals surface area contributed by atoms with E-state index in [0.29, 0.717) is 6.42 Å². The molecule has 66 valence electrons. The van der Waals surface area contributed by atoms with Gasteiger partial charge in [0.25, 0.3) is 0 Å². The molecule has 0 N–H and O–H groups in total. The van der Waals surface area contributed by atoms with Crippen LogP contribution in [0.25, 0.3) is 0 Å². The predicted molar refractivity (Wildman–Crippen MR) is 42.1 cm³/mol. The van der Waals surface area contributed by atoms with Gasteiger partial charge in [-0.1, -0.05) is 6.92 Å². The van der Waals surface area contributed by atoms with E-state index in [1.165, 1.54) is 4.90 Å². The van der Waals surface area contributed by atoms with Crippen molar-refractivity contribution in [3.63, 3.8) is 0 Å². The van der Waals surface area contributed by atoms with Gasteiger partial charge in [0.2, 0.25) is 11.8 Å². The number of nitrogens with zero attached hydrogens (tertiary/aromatic N) is 2. The van der Waals surface area contributed by atoms with Gasteiger partial charge in [0, 0.05) is 18.9 Å². The van der Waals surface area contributed by atoms with E-state index in [9.17, 15) is 9.59 Å². The number of amides is 2. The maximum Gasteiger partial charge on any atom is 0.233 e. The Kier molecular flexibility index (Phi) is 1.48. The van der Waals surface area contributed by atoms with E-state index in [4.69, 9.17) is 0 Å². The van der Waals surface area contributed by atoms with Gasteiger partial charge >= 0.3 is 0 Å². The number of hydrogen-bond acceptors (Lipinski definition) is 3. The van der Waals surface area contributed by atoms with E-state index in [2.05, 4.69) is 0 Å². The third-order valence-corrected chi connectivity index (χ3v) is 2.53.